The Kier molecular flexibility index (Phi) is 5.21. The number of nitrogens with zero attached hydrogens (tertiary/aromatic N) is 2. The van der Waals surface area contributed by atoms with Crippen molar-refractivity contribution < 1.29 is 0 Å². The topological polar surface area (TPSA) is 29.9 Å². The van der Waals surface area contributed by atoms with Crippen molar-refractivity contribution in [1.29, 1.82) is 0 Å². The lowest BCUT2D eigenvalue weighted by atomic mass is 10.0. The average molecular weight is 292 g/mol. The molecule has 0 radical (unpaired) electrons. The van der Waals surface area contributed by atoms with E-state index < -0.39 is 0 Å². The lowest BCUT2D eigenvalue weighted by Gasteiger charge is -2.17. The van der Waals surface area contributed by atoms with E-state index in [4.69, 9.17) is 11.6 Å². The molecule has 1 heterocycles. The fourth-order valence-corrected chi connectivity index (χ4v) is 2.68. The summed E-state index contributed by atoms with van der Waals surface area (Å²) >= 11 is 6.07. The molecule has 2 rings (SSSR count). The molecule has 1 aromatic carbocycles. The molecule has 0 saturated carbocycles. The Morgan fingerprint density at radius 3 is 2.80 bits per heavy atom. The summed E-state index contributed by atoms with van der Waals surface area (Å²) in [6, 6.07) is 8.39. The maximum atomic E-state index is 6.07. The Labute approximate surface area is 126 Å². The third-order valence-corrected chi connectivity index (χ3v) is 3.76. The van der Waals surface area contributed by atoms with Crippen molar-refractivity contribution in [3.63, 3.8) is 0 Å². The molecule has 0 bridgehead atoms. The van der Waals surface area contributed by atoms with Crippen LogP contribution in [0.1, 0.15) is 43.1 Å². The van der Waals surface area contributed by atoms with E-state index in [9.17, 15) is 0 Å². The number of hydrogen-bond acceptors (Lipinski definition) is 2. The van der Waals surface area contributed by atoms with Gasteiger partial charge in [0.1, 0.15) is 0 Å². The van der Waals surface area contributed by atoms with E-state index in [1.807, 2.05) is 29.9 Å². The zero-order chi connectivity index (χ0) is 14.5. The average Bonchev–Trinajstić information content (AvgIpc) is 2.80. The minimum atomic E-state index is 0.318. The summed E-state index contributed by atoms with van der Waals surface area (Å²) in [7, 11) is 1.97. The quantitative estimate of drug-likeness (QED) is 0.875. The van der Waals surface area contributed by atoms with Gasteiger partial charge in [0, 0.05) is 36.4 Å². The summed E-state index contributed by atoms with van der Waals surface area (Å²) < 4.78 is 1.89. The summed E-state index contributed by atoms with van der Waals surface area (Å²) in [5.41, 5.74) is 3.68. The SMILES string of the molecule is CCc1nn(C)cc1CNC(CC)c1cccc(Cl)c1. The van der Waals surface area contributed by atoms with Gasteiger partial charge in [0.25, 0.3) is 0 Å². The second-order valence-electron chi connectivity index (χ2n) is 5.02. The highest BCUT2D eigenvalue weighted by atomic mass is 35.5. The molecule has 0 aliphatic heterocycles. The normalized spacial score (nSPS) is 12.6. The van der Waals surface area contributed by atoms with Gasteiger partial charge in [-0.2, -0.15) is 5.10 Å². The smallest absolute Gasteiger partial charge is 0.0666 e. The van der Waals surface area contributed by atoms with Crippen molar-refractivity contribution in [3.8, 4) is 0 Å². The molecule has 0 amide bonds. The van der Waals surface area contributed by atoms with Crippen molar-refractivity contribution in [2.45, 2.75) is 39.3 Å². The van der Waals surface area contributed by atoms with Crippen molar-refractivity contribution >= 4 is 11.6 Å². The van der Waals surface area contributed by atoms with E-state index in [-0.39, 0.29) is 0 Å². The molecule has 0 saturated heterocycles. The monoisotopic (exact) mass is 291 g/mol. The zero-order valence-corrected chi connectivity index (χ0v) is 13.1. The van der Waals surface area contributed by atoms with Gasteiger partial charge < -0.3 is 5.32 Å². The number of rotatable bonds is 6. The molecule has 0 spiro atoms. The molecule has 1 N–H and O–H groups in total. The van der Waals surface area contributed by atoms with Gasteiger partial charge in [-0.05, 0) is 30.5 Å². The summed E-state index contributed by atoms with van der Waals surface area (Å²) in [6.07, 6.45) is 4.09. The molecule has 108 valence electrons. The predicted molar refractivity (Wildman–Crippen MR) is 83.9 cm³/mol. The molecular weight excluding hydrogens is 270 g/mol. The number of nitrogens with one attached hydrogen (secondary N) is 1. The Hall–Kier alpha value is -1.32. The van der Waals surface area contributed by atoms with Gasteiger partial charge in [0.15, 0.2) is 0 Å². The number of hydrogen-bond donors (Lipinski definition) is 1. The van der Waals surface area contributed by atoms with Crippen LogP contribution in [0, 0.1) is 0 Å². The fourth-order valence-electron chi connectivity index (χ4n) is 2.48. The van der Waals surface area contributed by atoms with Crippen LogP contribution in [0.3, 0.4) is 0 Å². The third-order valence-electron chi connectivity index (χ3n) is 3.52. The molecule has 2 aromatic rings. The van der Waals surface area contributed by atoms with Crippen LogP contribution in [0.5, 0.6) is 0 Å². The molecule has 1 aromatic heterocycles. The van der Waals surface area contributed by atoms with Gasteiger partial charge in [-0.3, -0.25) is 4.68 Å². The maximum Gasteiger partial charge on any atom is 0.0666 e. The summed E-state index contributed by atoms with van der Waals surface area (Å²) in [6.45, 7) is 5.16. The van der Waals surface area contributed by atoms with E-state index in [2.05, 4.69) is 36.5 Å². The minimum absolute atomic E-state index is 0.318. The van der Waals surface area contributed by atoms with Gasteiger partial charge in [0.05, 0.1) is 5.69 Å². The second kappa shape index (κ2) is 6.91. The zero-order valence-electron chi connectivity index (χ0n) is 12.4. The van der Waals surface area contributed by atoms with Gasteiger partial charge in [-0.1, -0.05) is 37.6 Å². The maximum absolute atomic E-state index is 6.07. The Balaban J connectivity index is 2.07. The lowest BCUT2D eigenvalue weighted by molar-refractivity contribution is 0.517. The fraction of sp³-hybridized carbons (Fsp3) is 0.438. The Bertz CT molecular complexity index is 563. The Morgan fingerprint density at radius 2 is 2.15 bits per heavy atom. The van der Waals surface area contributed by atoms with Crippen molar-refractivity contribution in [3.05, 3.63) is 52.3 Å². The predicted octanol–water partition coefficient (Wildman–Crippen LogP) is 3.88. The Morgan fingerprint density at radius 1 is 1.35 bits per heavy atom. The molecule has 3 nitrogen and oxygen atoms in total. The molecule has 0 aliphatic carbocycles. The first-order valence-corrected chi connectivity index (χ1v) is 7.52. The number of aromatic nitrogens is 2. The molecule has 0 aliphatic rings. The van der Waals surface area contributed by atoms with Crippen LogP contribution < -0.4 is 5.32 Å². The minimum Gasteiger partial charge on any atom is -0.306 e. The van der Waals surface area contributed by atoms with E-state index >= 15 is 0 Å². The van der Waals surface area contributed by atoms with Crippen LogP contribution in [0.4, 0.5) is 0 Å². The number of benzene rings is 1. The van der Waals surface area contributed by atoms with E-state index in [1.165, 1.54) is 16.8 Å². The van der Waals surface area contributed by atoms with Crippen LogP contribution in [0.25, 0.3) is 0 Å². The van der Waals surface area contributed by atoms with Gasteiger partial charge in [-0.25, -0.2) is 0 Å². The molecule has 1 atom stereocenters. The molecule has 1 unspecified atom stereocenters. The number of aryl methyl sites for hydroxylation is 2. The molecule has 20 heavy (non-hydrogen) atoms. The van der Waals surface area contributed by atoms with E-state index in [1.54, 1.807) is 0 Å². The van der Waals surface area contributed by atoms with Crippen LogP contribution in [-0.4, -0.2) is 9.78 Å². The van der Waals surface area contributed by atoms with Crippen LogP contribution >= 0.6 is 11.6 Å². The highest BCUT2D eigenvalue weighted by Crippen LogP contribution is 2.21. The largest absolute Gasteiger partial charge is 0.306 e. The highest BCUT2D eigenvalue weighted by Gasteiger charge is 2.11. The van der Waals surface area contributed by atoms with Gasteiger partial charge in [0.2, 0.25) is 0 Å². The third kappa shape index (κ3) is 3.62. The van der Waals surface area contributed by atoms with Crippen LogP contribution in [-0.2, 0) is 20.0 Å². The van der Waals surface area contributed by atoms with E-state index in [0.717, 1.165) is 24.4 Å². The highest BCUT2D eigenvalue weighted by molar-refractivity contribution is 6.30. The van der Waals surface area contributed by atoms with Gasteiger partial charge >= 0.3 is 0 Å². The molecule has 4 heteroatoms. The first-order chi connectivity index (χ1) is 9.63. The summed E-state index contributed by atoms with van der Waals surface area (Å²) in [4.78, 5) is 0. The summed E-state index contributed by atoms with van der Waals surface area (Å²) in [5, 5.41) is 8.87. The van der Waals surface area contributed by atoms with E-state index in [0.29, 0.717) is 6.04 Å². The first-order valence-electron chi connectivity index (χ1n) is 7.14. The molecular formula is C16H22ClN3. The van der Waals surface area contributed by atoms with Crippen LogP contribution in [0.2, 0.25) is 5.02 Å². The van der Waals surface area contributed by atoms with Crippen LogP contribution in [0.15, 0.2) is 30.5 Å². The number of halogens is 1. The van der Waals surface area contributed by atoms with Crippen molar-refractivity contribution in [2.24, 2.45) is 7.05 Å². The lowest BCUT2D eigenvalue weighted by Crippen LogP contribution is -2.20. The first kappa shape index (κ1) is 15.1. The van der Waals surface area contributed by atoms with Gasteiger partial charge in [-0.15, -0.1) is 0 Å². The van der Waals surface area contributed by atoms with Crippen molar-refractivity contribution in [2.75, 3.05) is 0 Å². The molecule has 0 fully saturated rings. The second-order valence-corrected chi connectivity index (χ2v) is 5.46. The standard InChI is InChI=1S/C16H22ClN3/c1-4-15(12-7-6-8-14(17)9-12)18-10-13-11-20(3)19-16(13)5-2/h6-9,11,15,18H,4-5,10H2,1-3H3. The summed E-state index contributed by atoms with van der Waals surface area (Å²) in [5.74, 6) is 0. The van der Waals surface area contributed by atoms with Crippen molar-refractivity contribution in [1.82, 2.24) is 15.1 Å².